The molecule has 0 spiro atoms. The quantitative estimate of drug-likeness (QED) is 0.797. The second kappa shape index (κ2) is 5.89. The van der Waals surface area contributed by atoms with Crippen LogP contribution in [0.1, 0.15) is 26.3 Å². The molecule has 88 valence electrons. The molecule has 0 fully saturated rings. The largest absolute Gasteiger partial charge is 0.491 e. The molecular formula is C12H15BrO3. The van der Waals surface area contributed by atoms with Crippen molar-refractivity contribution in [3.8, 4) is 5.75 Å². The average Bonchev–Trinajstić information content (AvgIpc) is 2.18. The summed E-state index contributed by atoms with van der Waals surface area (Å²) in [4.78, 5) is 10.7. The van der Waals surface area contributed by atoms with Crippen molar-refractivity contribution in [2.75, 3.05) is 0 Å². The van der Waals surface area contributed by atoms with Gasteiger partial charge in [-0.15, -0.1) is 0 Å². The Morgan fingerprint density at radius 2 is 2.12 bits per heavy atom. The SMILES string of the molecule is CC(=O)OCc1cc(OC(C)C)ccc1Br. The summed E-state index contributed by atoms with van der Waals surface area (Å²) in [6.07, 6.45) is 0.128. The molecule has 3 nitrogen and oxygen atoms in total. The smallest absolute Gasteiger partial charge is 0.302 e. The number of benzene rings is 1. The van der Waals surface area contributed by atoms with E-state index in [0.29, 0.717) is 0 Å². The number of rotatable bonds is 4. The van der Waals surface area contributed by atoms with E-state index in [-0.39, 0.29) is 18.7 Å². The van der Waals surface area contributed by atoms with Crippen LogP contribution in [0.25, 0.3) is 0 Å². The minimum Gasteiger partial charge on any atom is -0.491 e. The summed E-state index contributed by atoms with van der Waals surface area (Å²) in [5.41, 5.74) is 0.897. The monoisotopic (exact) mass is 286 g/mol. The summed E-state index contributed by atoms with van der Waals surface area (Å²) in [6.45, 7) is 5.58. The van der Waals surface area contributed by atoms with E-state index in [1.54, 1.807) is 0 Å². The maximum atomic E-state index is 10.7. The Bertz CT molecular complexity index is 375. The maximum Gasteiger partial charge on any atom is 0.302 e. The van der Waals surface area contributed by atoms with Gasteiger partial charge in [-0.05, 0) is 32.0 Å². The summed E-state index contributed by atoms with van der Waals surface area (Å²) < 4.78 is 11.4. The second-order valence-electron chi connectivity index (χ2n) is 3.70. The normalized spacial score (nSPS) is 10.3. The predicted molar refractivity (Wildman–Crippen MR) is 65.4 cm³/mol. The molecule has 0 aliphatic carbocycles. The molecular weight excluding hydrogens is 272 g/mol. The molecule has 0 aliphatic rings. The van der Waals surface area contributed by atoms with Gasteiger partial charge >= 0.3 is 5.97 Å². The number of ether oxygens (including phenoxy) is 2. The minimum absolute atomic E-state index is 0.128. The molecule has 4 heteroatoms. The summed E-state index contributed by atoms with van der Waals surface area (Å²) in [5.74, 6) is 0.488. The fourth-order valence-corrected chi connectivity index (χ4v) is 1.55. The van der Waals surface area contributed by atoms with Gasteiger partial charge in [-0.1, -0.05) is 15.9 Å². The fourth-order valence-electron chi connectivity index (χ4n) is 1.19. The number of hydrogen-bond donors (Lipinski definition) is 0. The highest BCUT2D eigenvalue weighted by Crippen LogP contribution is 2.24. The molecule has 0 amide bonds. The third kappa shape index (κ3) is 4.23. The lowest BCUT2D eigenvalue weighted by Gasteiger charge is -2.12. The van der Waals surface area contributed by atoms with Crippen LogP contribution in [0, 0.1) is 0 Å². The number of carbonyl (C=O) groups is 1. The summed E-state index contributed by atoms with van der Waals surface area (Å²) in [6, 6.07) is 5.63. The topological polar surface area (TPSA) is 35.5 Å². The molecule has 0 heterocycles. The first-order valence-electron chi connectivity index (χ1n) is 5.07. The van der Waals surface area contributed by atoms with Crippen LogP contribution in [-0.2, 0) is 16.1 Å². The standard InChI is InChI=1S/C12H15BrO3/c1-8(2)16-11-4-5-12(13)10(6-11)7-15-9(3)14/h4-6,8H,7H2,1-3H3. The Hall–Kier alpha value is -1.03. The lowest BCUT2D eigenvalue weighted by Crippen LogP contribution is -2.06. The molecule has 0 saturated carbocycles. The van der Waals surface area contributed by atoms with Gasteiger partial charge in [-0.2, -0.15) is 0 Å². The molecule has 0 aliphatic heterocycles. The number of halogens is 1. The van der Waals surface area contributed by atoms with E-state index >= 15 is 0 Å². The zero-order valence-electron chi connectivity index (χ0n) is 9.62. The molecule has 0 saturated heterocycles. The van der Waals surface area contributed by atoms with Gasteiger partial charge in [0.25, 0.3) is 0 Å². The van der Waals surface area contributed by atoms with Gasteiger partial charge in [0.2, 0.25) is 0 Å². The predicted octanol–water partition coefficient (Wildman–Crippen LogP) is 3.30. The van der Waals surface area contributed by atoms with Crippen LogP contribution in [0.2, 0.25) is 0 Å². The van der Waals surface area contributed by atoms with Crippen LogP contribution < -0.4 is 4.74 Å². The van der Waals surface area contributed by atoms with E-state index < -0.39 is 0 Å². The van der Waals surface area contributed by atoms with Crippen molar-refractivity contribution in [2.24, 2.45) is 0 Å². The van der Waals surface area contributed by atoms with Crippen LogP contribution in [0.5, 0.6) is 5.75 Å². The van der Waals surface area contributed by atoms with Gasteiger partial charge < -0.3 is 9.47 Å². The van der Waals surface area contributed by atoms with E-state index in [9.17, 15) is 4.79 Å². The van der Waals surface area contributed by atoms with Crippen molar-refractivity contribution in [3.63, 3.8) is 0 Å². The van der Waals surface area contributed by atoms with Gasteiger partial charge in [0.15, 0.2) is 0 Å². The van der Waals surface area contributed by atoms with Gasteiger partial charge in [0.05, 0.1) is 6.10 Å². The molecule has 1 aromatic rings. The van der Waals surface area contributed by atoms with E-state index in [0.717, 1.165) is 15.8 Å². The van der Waals surface area contributed by atoms with E-state index in [1.165, 1.54) is 6.92 Å². The second-order valence-corrected chi connectivity index (χ2v) is 4.55. The molecule has 0 N–H and O–H groups in total. The van der Waals surface area contributed by atoms with Crippen LogP contribution >= 0.6 is 15.9 Å². The Morgan fingerprint density at radius 1 is 1.44 bits per heavy atom. The van der Waals surface area contributed by atoms with E-state index in [2.05, 4.69) is 15.9 Å². The Labute approximate surface area is 104 Å². The Balaban J connectivity index is 2.77. The summed E-state index contributed by atoms with van der Waals surface area (Å²) in [5, 5.41) is 0. The first kappa shape index (κ1) is 13.0. The van der Waals surface area contributed by atoms with Crippen molar-refractivity contribution in [2.45, 2.75) is 33.5 Å². The molecule has 1 aromatic carbocycles. The van der Waals surface area contributed by atoms with Crippen molar-refractivity contribution in [1.82, 2.24) is 0 Å². The van der Waals surface area contributed by atoms with Crippen molar-refractivity contribution in [3.05, 3.63) is 28.2 Å². The maximum absolute atomic E-state index is 10.7. The fraction of sp³-hybridized carbons (Fsp3) is 0.417. The van der Waals surface area contributed by atoms with E-state index in [4.69, 9.17) is 9.47 Å². The number of carbonyl (C=O) groups excluding carboxylic acids is 1. The number of hydrogen-bond acceptors (Lipinski definition) is 3. The highest BCUT2D eigenvalue weighted by Gasteiger charge is 2.05. The summed E-state index contributed by atoms with van der Waals surface area (Å²) >= 11 is 3.40. The minimum atomic E-state index is -0.290. The zero-order valence-corrected chi connectivity index (χ0v) is 11.2. The van der Waals surface area contributed by atoms with Gasteiger partial charge in [-0.3, -0.25) is 4.79 Å². The van der Waals surface area contributed by atoms with Gasteiger partial charge in [0.1, 0.15) is 12.4 Å². The molecule has 0 atom stereocenters. The van der Waals surface area contributed by atoms with E-state index in [1.807, 2.05) is 32.0 Å². The molecule has 1 rings (SSSR count). The van der Waals surface area contributed by atoms with Crippen LogP contribution in [0.4, 0.5) is 0 Å². The molecule has 0 unspecified atom stereocenters. The first-order chi connectivity index (χ1) is 7.49. The Kier molecular flexibility index (Phi) is 4.80. The lowest BCUT2D eigenvalue weighted by molar-refractivity contribution is -0.142. The highest BCUT2D eigenvalue weighted by molar-refractivity contribution is 9.10. The molecule has 0 aromatic heterocycles. The number of esters is 1. The molecule has 0 bridgehead atoms. The summed E-state index contributed by atoms with van der Waals surface area (Å²) in [7, 11) is 0. The van der Waals surface area contributed by atoms with Crippen LogP contribution in [0.15, 0.2) is 22.7 Å². The molecule has 0 radical (unpaired) electrons. The van der Waals surface area contributed by atoms with Crippen LogP contribution in [0.3, 0.4) is 0 Å². The zero-order chi connectivity index (χ0) is 12.1. The lowest BCUT2D eigenvalue weighted by atomic mass is 10.2. The Morgan fingerprint density at radius 3 is 2.69 bits per heavy atom. The van der Waals surface area contributed by atoms with Crippen LogP contribution in [-0.4, -0.2) is 12.1 Å². The third-order valence-corrected chi connectivity index (χ3v) is 2.59. The van der Waals surface area contributed by atoms with Crippen molar-refractivity contribution >= 4 is 21.9 Å². The molecule has 16 heavy (non-hydrogen) atoms. The average molecular weight is 287 g/mol. The van der Waals surface area contributed by atoms with Gasteiger partial charge in [-0.25, -0.2) is 0 Å². The first-order valence-corrected chi connectivity index (χ1v) is 5.87. The van der Waals surface area contributed by atoms with Crippen molar-refractivity contribution < 1.29 is 14.3 Å². The third-order valence-electron chi connectivity index (χ3n) is 1.82. The van der Waals surface area contributed by atoms with Gasteiger partial charge in [0, 0.05) is 17.0 Å². The van der Waals surface area contributed by atoms with Crippen molar-refractivity contribution in [1.29, 1.82) is 0 Å². The highest BCUT2D eigenvalue weighted by atomic mass is 79.9.